The third kappa shape index (κ3) is 19.5. The van der Waals surface area contributed by atoms with Crippen LogP contribution in [0.3, 0.4) is 0 Å². The molecule has 1 unspecified atom stereocenters. The first kappa shape index (κ1) is 25.4. The van der Waals surface area contributed by atoms with Gasteiger partial charge in [-0.1, -0.05) is 87.0 Å². The molecule has 0 aromatic carbocycles. The third-order valence-electron chi connectivity index (χ3n) is 3.22. The van der Waals surface area contributed by atoms with E-state index in [2.05, 4.69) is 20.8 Å². The van der Waals surface area contributed by atoms with Gasteiger partial charge < -0.3 is 4.74 Å². The first-order chi connectivity index (χ1) is 10.3. The molecule has 0 saturated heterocycles. The summed E-state index contributed by atoms with van der Waals surface area (Å²) in [4.78, 5) is 11.8. The molecule has 0 amide bonds. The lowest BCUT2D eigenvalue weighted by Crippen LogP contribution is -2.17. The zero-order chi connectivity index (χ0) is 16.9. The van der Waals surface area contributed by atoms with Crippen molar-refractivity contribution in [2.24, 2.45) is 5.92 Å². The maximum absolute atomic E-state index is 11.8. The predicted molar refractivity (Wildman–Crippen MR) is 95.7 cm³/mol. The highest BCUT2D eigenvalue weighted by molar-refractivity contribution is 5.72. The van der Waals surface area contributed by atoms with Crippen LogP contribution in [0.2, 0.25) is 0 Å². The van der Waals surface area contributed by atoms with Crippen LogP contribution in [0, 0.1) is 5.92 Å². The topological polar surface area (TPSA) is 26.3 Å². The van der Waals surface area contributed by atoms with Crippen LogP contribution in [0.5, 0.6) is 0 Å². The Hall–Kier alpha value is -0.530. The molecule has 0 aromatic rings. The number of ether oxygens (including phenoxy) is 1. The van der Waals surface area contributed by atoms with Crippen molar-refractivity contribution >= 4 is 5.97 Å². The number of hydrogen-bond acceptors (Lipinski definition) is 2. The minimum absolute atomic E-state index is 0.0279. The summed E-state index contributed by atoms with van der Waals surface area (Å²) in [6.07, 6.45) is 10.2. The molecule has 130 valence electrons. The van der Waals surface area contributed by atoms with Gasteiger partial charge in [-0.3, -0.25) is 4.79 Å². The Morgan fingerprint density at radius 2 is 1.33 bits per heavy atom. The zero-order valence-electron chi connectivity index (χ0n) is 16.0. The highest BCUT2D eigenvalue weighted by Gasteiger charge is 2.16. The van der Waals surface area contributed by atoms with E-state index in [4.69, 9.17) is 4.74 Å². The van der Waals surface area contributed by atoms with Gasteiger partial charge in [0.05, 0.1) is 12.5 Å². The quantitative estimate of drug-likeness (QED) is 0.311. The van der Waals surface area contributed by atoms with Crippen LogP contribution in [0.15, 0.2) is 0 Å². The van der Waals surface area contributed by atoms with Crippen molar-refractivity contribution in [3.8, 4) is 0 Å². The van der Waals surface area contributed by atoms with Crippen LogP contribution in [-0.2, 0) is 9.53 Å². The Labute approximate surface area is 135 Å². The monoisotopic (exact) mass is 302 g/mol. The molecule has 0 aliphatic heterocycles. The van der Waals surface area contributed by atoms with E-state index in [-0.39, 0.29) is 11.9 Å². The average Bonchev–Trinajstić information content (AvgIpc) is 2.55. The fourth-order valence-corrected chi connectivity index (χ4v) is 1.95. The Balaban J connectivity index is -0.000000739. The van der Waals surface area contributed by atoms with Gasteiger partial charge in [0.25, 0.3) is 0 Å². The van der Waals surface area contributed by atoms with E-state index >= 15 is 0 Å². The van der Waals surface area contributed by atoms with E-state index in [9.17, 15) is 4.79 Å². The predicted octanol–water partition coefficient (Wildman–Crippen LogP) is 6.77. The van der Waals surface area contributed by atoms with Gasteiger partial charge >= 0.3 is 5.97 Å². The van der Waals surface area contributed by atoms with Crippen LogP contribution in [-0.4, -0.2) is 12.6 Å². The summed E-state index contributed by atoms with van der Waals surface area (Å²) in [5, 5.41) is 0. The van der Waals surface area contributed by atoms with Gasteiger partial charge in [-0.05, 0) is 19.3 Å². The summed E-state index contributed by atoms with van der Waals surface area (Å²) in [7, 11) is 0. The highest BCUT2D eigenvalue weighted by Crippen LogP contribution is 2.15. The third-order valence-corrected chi connectivity index (χ3v) is 3.22. The average molecular weight is 303 g/mol. The number of esters is 1. The number of unbranched alkanes of at least 4 members (excludes halogenated alkanes) is 5. The van der Waals surface area contributed by atoms with Crippen LogP contribution in [0.25, 0.3) is 0 Å². The van der Waals surface area contributed by atoms with Crippen LogP contribution < -0.4 is 0 Å². The molecule has 0 saturated carbocycles. The van der Waals surface area contributed by atoms with E-state index in [1.165, 1.54) is 32.1 Å². The smallest absolute Gasteiger partial charge is 0.308 e. The largest absolute Gasteiger partial charge is 0.465 e. The maximum atomic E-state index is 11.8. The summed E-state index contributed by atoms with van der Waals surface area (Å²) in [6, 6.07) is 0. The first-order valence-corrected chi connectivity index (χ1v) is 9.42. The molecule has 2 nitrogen and oxygen atoms in total. The maximum Gasteiger partial charge on any atom is 0.308 e. The van der Waals surface area contributed by atoms with Gasteiger partial charge in [0.15, 0.2) is 0 Å². The Kier molecular flexibility index (Phi) is 29.6. The molecular formula is C19H42O2. The number of hydrogen-bond donors (Lipinski definition) is 0. The highest BCUT2D eigenvalue weighted by atomic mass is 16.5. The minimum atomic E-state index is 0.0279. The summed E-state index contributed by atoms with van der Waals surface area (Å²) in [6.45, 7) is 15.1. The summed E-state index contributed by atoms with van der Waals surface area (Å²) in [5.41, 5.74) is 0. The standard InChI is InChI=1S/C15H30O2.2C2H6/c1-4-7-9-11-13-17-15(16)14(6-3)12-10-8-5-2;2*1-2/h14H,4-13H2,1-3H3;2*1-2H3. The molecule has 0 N–H and O–H groups in total. The second kappa shape index (κ2) is 24.5. The van der Waals surface area contributed by atoms with Crippen LogP contribution in [0.4, 0.5) is 0 Å². The SMILES string of the molecule is CC.CC.CCCCCCOC(=O)C(CC)CCCCC. The van der Waals surface area contributed by atoms with Crippen molar-refractivity contribution in [2.75, 3.05) is 6.61 Å². The first-order valence-electron chi connectivity index (χ1n) is 9.42. The lowest BCUT2D eigenvalue weighted by molar-refractivity contribution is -0.149. The molecular weight excluding hydrogens is 260 g/mol. The molecule has 0 rings (SSSR count). The van der Waals surface area contributed by atoms with Crippen molar-refractivity contribution in [2.45, 2.75) is 106 Å². The van der Waals surface area contributed by atoms with E-state index in [0.717, 1.165) is 25.7 Å². The number of carbonyl (C=O) groups excluding carboxylic acids is 1. The van der Waals surface area contributed by atoms with Crippen molar-refractivity contribution in [1.29, 1.82) is 0 Å². The van der Waals surface area contributed by atoms with Crippen molar-refractivity contribution in [3.05, 3.63) is 0 Å². The van der Waals surface area contributed by atoms with E-state index in [1.807, 2.05) is 27.7 Å². The fourth-order valence-electron chi connectivity index (χ4n) is 1.95. The summed E-state index contributed by atoms with van der Waals surface area (Å²) < 4.78 is 5.33. The van der Waals surface area contributed by atoms with Crippen LogP contribution in [0.1, 0.15) is 106 Å². The van der Waals surface area contributed by atoms with Crippen molar-refractivity contribution in [1.82, 2.24) is 0 Å². The Morgan fingerprint density at radius 3 is 1.81 bits per heavy atom. The molecule has 2 heteroatoms. The van der Waals surface area contributed by atoms with Gasteiger partial charge in [-0.25, -0.2) is 0 Å². The Bertz CT molecular complexity index is 178. The second-order valence-electron chi connectivity index (χ2n) is 4.83. The van der Waals surface area contributed by atoms with Crippen LogP contribution >= 0.6 is 0 Å². The summed E-state index contributed by atoms with van der Waals surface area (Å²) in [5.74, 6) is 0.160. The van der Waals surface area contributed by atoms with Crippen molar-refractivity contribution in [3.63, 3.8) is 0 Å². The van der Waals surface area contributed by atoms with E-state index in [0.29, 0.717) is 6.61 Å². The normalized spacial score (nSPS) is 10.6. The van der Waals surface area contributed by atoms with Gasteiger partial charge in [-0.15, -0.1) is 0 Å². The fraction of sp³-hybridized carbons (Fsp3) is 0.947. The molecule has 0 heterocycles. The Morgan fingerprint density at radius 1 is 0.810 bits per heavy atom. The van der Waals surface area contributed by atoms with Gasteiger partial charge in [0.1, 0.15) is 0 Å². The molecule has 0 aromatic heterocycles. The molecule has 0 bridgehead atoms. The van der Waals surface area contributed by atoms with Gasteiger partial charge in [-0.2, -0.15) is 0 Å². The molecule has 1 atom stereocenters. The summed E-state index contributed by atoms with van der Waals surface area (Å²) >= 11 is 0. The number of carbonyl (C=O) groups is 1. The number of rotatable bonds is 11. The lowest BCUT2D eigenvalue weighted by atomic mass is 9.99. The molecule has 0 aliphatic rings. The second-order valence-corrected chi connectivity index (χ2v) is 4.83. The van der Waals surface area contributed by atoms with Gasteiger partial charge in [0.2, 0.25) is 0 Å². The van der Waals surface area contributed by atoms with E-state index in [1.54, 1.807) is 0 Å². The van der Waals surface area contributed by atoms with E-state index < -0.39 is 0 Å². The molecule has 21 heavy (non-hydrogen) atoms. The minimum Gasteiger partial charge on any atom is -0.465 e. The molecule has 0 aliphatic carbocycles. The molecule has 0 radical (unpaired) electrons. The molecule has 0 fully saturated rings. The lowest BCUT2D eigenvalue weighted by Gasteiger charge is -2.13. The molecule has 0 spiro atoms. The van der Waals surface area contributed by atoms with Gasteiger partial charge in [0, 0.05) is 0 Å². The zero-order valence-corrected chi connectivity index (χ0v) is 16.0. The van der Waals surface area contributed by atoms with Crippen molar-refractivity contribution < 1.29 is 9.53 Å².